The number of rotatable bonds is 6. The third kappa shape index (κ3) is 4.13. The summed E-state index contributed by atoms with van der Waals surface area (Å²) in [7, 11) is 3.44. The third-order valence-corrected chi connectivity index (χ3v) is 3.19. The summed E-state index contributed by atoms with van der Waals surface area (Å²) in [5.41, 5.74) is 2.20. The highest BCUT2D eigenvalue weighted by Crippen LogP contribution is 2.17. The van der Waals surface area contributed by atoms with Gasteiger partial charge < -0.3 is 9.84 Å². The summed E-state index contributed by atoms with van der Waals surface area (Å²) in [5.74, 6) is 1.02. The Bertz CT molecular complexity index is 592. The van der Waals surface area contributed by atoms with Crippen LogP contribution in [-0.2, 0) is 17.8 Å². The second-order valence-corrected chi connectivity index (χ2v) is 4.91. The molecule has 1 aromatic carbocycles. The molecule has 21 heavy (non-hydrogen) atoms. The minimum Gasteiger partial charge on any atom is -0.358 e. The van der Waals surface area contributed by atoms with E-state index in [4.69, 9.17) is 4.52 Å². The first-order valence-electron chi connectivity index (χ1n) is 6.93. The summed E-state index contributed by atoms with van der Waals surface area (Å²) < 4.78 is 5.23. The van der Waals surface area contributed by atoms with Gasteiger partial charge in [-0.05, 0) is 19.0 Å². The lowest BCUT2D eigenvalue weighted by atomic mass is 10.1. The monoisotopic (exact) mass is 288 g/mol. The molecule has 0 bridgehead atoms. The van der Waals surface area contributed by atoms with Crippen LogP contribution in [-0.4, -0.2) is 41.6 Å². The summed E-state index contributed by atoms with van der Waals surface area (Å²) in [6.07, 6.45) is 1.00. The van der Waals surface area contributed by atoms with Crippen molar-refractivity contribution in [2.45, 2.75) is 19.9 Å². The number of likely N-dealkylation sites (N-methyl/N-ethyl adjacent to an activating group) is 2. The molecule has 6 heteroatoms. The Kier molecular flexibility index (Phi) is 5.05. The van der Waals surface area contributed by atoms with Crippen LogP contribution in [0.5, 0.6) is 0 Å². The van der Waals surface area contributed by atoms with E-state index >= 15 is 0 Å². The molecule has 0 spiro atoms. The van der Waals surface area contributed by atoms with Crippen LogP contribution in [0.1, 0.15) is 18.4 Å². The molecule has 0 aliphatic rings. The minimum absolute atomic E-state index is 0.0487. The molecule has 0 aliphatic heterocycles. The average molecular weight is 288 g/mol. The third-order valence-electron chi connectivity index (χ3n) is 3.19. The van der Waals surface area contributed by atoms with Crippen LogP contribution >= 0.6 is 0 Å². The van der Waals surface area contributed by atoms with Crippen LogP contribution in [0, 0.1) is 0 Å². The van der Waals surface area contributed by atoms with Gasteiger partial charge in [0, 0.05) is 12.6 Å². The summed E-state index contributed by atoms with van der Waals surface area (Å²) in [4.78, 5) is 17.5. The number of amides is 1. The maximum absolute atomic E-state index is 11.3. The van der Waals surface area contributed by atoms with Gasteiger partial charge in [-0.15, -0.1) is 0 Å². The Morgan fingerprint density at radius 3 is 2.67 bits per heavy atom. The fraction of sp³-hybridized carbons (Fsp3) is 0.400. The van der Waals surface area contributed by atoms with Gasteiger partial charge >= 0.3 is 0 Å². The largest absolute Gasteiger partial charge is 0.358 e. The van der Waals surface area contributed by atoms with Crippen LogP contribution in [0.15, 0.2) is 28.8 Å². The van der Waals surface area contributed by atoms with E-state index in [1.165, 1.54) is 5.56 Å². The fourth-order valence-electron chi connectivity index (χ4n) is 1.94. The second kappa shape index (κ2) is 6.99. The molecule has 0 unspecified atom stereocenters. The molecule has 2 aromatic rings. The Morgan fingerprint density at radius 1 is 1.33 bits per heavy atom. The number of carbonyl (C=O) groups excluding carboxylic acids is 1. The molecule has 0 atom stereocenters. The van der Waals surface area contributed by atoms with Crippen molar-refractivity contribution in [3.63, 3.8) is 0 Å². The molecule has 0 radical (unpaired) electrons. The summed E-state index contributed by atoms with van der Waals surface area (Å²) in [6, 6.07) is 8.09. The normalized spacial score (nSPS) is 10.9. The van der Waals surface area contributed by atoms with Gasteiger partial charge in [-0.3, -0.25) is 9.69 Å². The Morgan fingerprint density at radius 2 is 2.05 bits per heavy atom. The number of aromatic nitrogens is 2. The molecule has 1 N–H and O–H groups in total. The van der Waals surface area contributed by atoms with Crippen molar-refractivity contribution in [2.75, 3.05) is 20.6 Å². The van der Waals surface area contributed by atoms with Crippen molar-refractivity contribution in [1.29, 1.82) is 0 Å². The van der Waals surface area contributed by atoms with Crippen LogP contribution in [0.3, 0.4) is 0 Å². The molecule has 1 amide bonds. The van der Waals surface area contributed by atoms with Gasteiger partial charge in [0.05, 0.1) is 13.1 Å². The standard InChI is InChI=1S/C15H20N4O2/c1-4-11-5-7-12(8-6-11)15-17-14(21-18-15)10-19(3)9-13(20)16-2/h5-8H,4,9-10H2,1-3H3,(H,16,20). The second-order valence-electron chi connectivity index (χ2n) is 4.91. The van der Waals surface area contributed by atoms with Gasteiger partial charge in [0.2, 0.25) is 17.6 Å². The molecule has 6 nitrogen and oxygen atoms in total. The summed E-state index contributed by atoms with van der Waals surface area (Å²) in [5, 5.41) is 6.56. The lowest BCUT2D eigenvalue weighted by Crippen LogP contribution is -2.32. The van der Waals surface area contributed by atoms with E-state index in [9.17, 15) is 4.79 Å². The van der Waals surface area contributed by atoms with E-state index in [0.29, 0.717) is 24.8 Å². The van der Waals surface area contributed by atoms with Crippen molar-refractivity contribution in [3.8, 4) is 11.4 Å². The van der Waals surface area contributed by atoms with Gasteiger partial charge in [0.15, 0.2) is 0 Å². The number of hydrogen-bond donors (Lipinski definition) is 1. The zero-order chi connectivity index (χ0) is 15.2. The first-order valence-corrected chi connectivity index (χ1v) is 6.93. The predicted molar refractivity (Wildman–Crippen MR) is 79.5 cm³/mol. The molecule has 2 rings (SSSR count). The zero-order valence-electron chi connectivity index (χ0n) is 12.6. The number of benzene rings is 1. The van der Waals surface area contributed by atoms with Crippen LogP contribution in [0.25, 0.3) is 11.4 Å². The predicted octanol–water partition coefficient (Wildman–Crippen LogP) is 1.48. The van der Waals surface area contributed by atoms with Crippen molar-refractivity contribution in [1.82, 2.24) is 20.4 Å². The van der Waals surface area contributed by atoms with E-state index in [0.717, 1.165) is 12.0 Å². The molecule has 0 saturated heterocycles. The number of hydrogen-bond acceptors (Lipinski definition) is 5. The quantitative estimate of drug-likeness (QED) is 0.871. The molecular weight excluding hydrogens is 268 g/mol. The molecule has 1 heterocycles. The molecule has 1 aromatic heterocycles. The van der Waals surface area contributed by atoms with Crippen molar-refractivity contribution < 1.29 is 9.32 Å². The van der Waals surface area contributed by atoms with E-state index < -0.39 is 0 Å². The van der Waals surface area contributed by atoms with E-state index in [-0.39, 0.29) is 5.91 Å². The Labute approximate surface area is 124 Å². The van der Waals surface area contributed by atoms with Crippen molar-refractivity contribution >= 4 is 5.91 Å². The van der Waals surface area contributed by atoms with E-state index in [1.54, 1.807) is 7.05 Å². The first kappa shape index (κ1) is 15.2. The van der Waals surface area contributed by atoms with Crippen LogP contribution in [0.4, 0.5) is 0 Å². The highest BCUT2D eigenvalue weighted by atomic mass is 16.5. The SMILES string of the molecule is CCc1ccc(-c2noc(CN(C)CC(=O)NC)n2)cc1. The molecule has 0 aliphatic carbocycles. The molecule has 112 valence electrons. The highest BCUT2D eigenvalue weighted by molar-refractivity contribution is 5.77. The zero-order valence-corrected chi connectivity index (χ0v) is 12.6. The average Bonchev–Trinajstić information content (AvgIpc) is 2.95. The lowest BCUT2D eigenvalue weighted by molar-refractivity contribution is -0.121. The van der Waals surface area contributed by atoms with Gasteiger partial charge in [-0.2, -0.15) is 4.98 Å². The Balaban J connectivity index is 2.01. The smallest absolute Gasteiger partial charge is 0.241 e. The number of nitrogens with one attached hydrogen (secondary N) is 1. The topological polar surface area (TPSA) is 71.3 Å². The van der Waals surface area contributed by atoms with Gasteiger partial charge in [-0.25, -0.2) is 0 Å². The minimum atomic E-state index is -0.0487. The van der Waals surface area contributed by atoms with E-state index in [2.05, 4.69) is 34.5 Å². The number of carbonyl (C=O) groups is 1. The van der Waals surface area contributed by atoms with Gasteiger partial charge in [-0.1, -0.05) is 36.3 Å². The summed E-state index contributed by atoms with van der Waals surface area (Å²) >= 11 is 0. The lowest BCUT2D eigenvalue weighted by Gasteiger charge is -2.12. The Hall–Kier alpha value is -2.21. The molecular formula is C15H20N4O2. The van der Waals surface area contributed by atoms with Crippen molar-refractivity contribution in [3.05, 3.63) is 35.7 Å². The fourth-order valence-corrected chi connectivity index (χ4v) is 1.94. The number of aryl methyl sites for hydroxylation is 1. The maximum Gasteiger partial charge on any atom is 0.241 e. The number of nitrogens with zero attached hydrogens (tertiary/aromatic N) is 3. The van der Waals surface area contributed by atoms with Crippen LogP contribution < -0.4 is 5.32 Å². The van der Waals surface area contributed by atoms with Gasteiger partial charge in [0.25, 0.3) is 0 Å². The highest BCUT2D eigenvalue weighted by Gasteiger charge is 2.12. The van der Waals surface area contributed by atoms with Gasteiger partial charge in [0.1, 0.15) is 0 Å². The van der Waals surface area contributed by atoms with Crippen LogP contribution in [0.2, 0.25) is 0 Å². The summed E-state index contributed by atoms with van der Waals surface area (Å²) in [6.45, 7) is 2.84. The molecule has 0 saturated carbocycles. The maximum atomic E-state index is 11.3. The van der Waals surface area contributed by atoms with Crippen molar-refractivity contribution in [2.24, 2.45) is 0 Å². The first-order chi connectivity index (χ1) is 10.1. The molecule has 0 fully saturated rings. The van der Waals surface area contributed by atoms with E-state index in [1.807, 2.05) is 24.1 Å².